The van der Waals surface area contributed by atoms with Gasteiger partial charge in [-0.1, -0.05) is 12.2 Å². The molecule has 3 heterocycles. The molecule has 4 heteroatoms. The first-order chi connectivity index (χ1) is 11.3. The zero-order valence-electron chi connectivity index (χ0n) is 13.6. The summed E-state index contributed by atoms with van der Waals surface area (Å²) < 4.78 is 17.0. The van der Waals surface area contributed by atoms with Crippen molar-refractivity contribution in [1.29, 1.82) is 0 Å². The minimum atomic E-state index is 0.0717. The SMILES string of the molecule is CO[C@H]1C=C[C@@H]2CCN3CCCc4cc5c(cc4[C@]23C1)OCO5. The first kappa shape index (κ1) is 13.9. The molecule has 0 radical (unpaired) electrons. The van der Waals surface area contributed by atoms with Crippen LogP contribution in [0.4, 0.5) is 0 Å². The Morgan fingerprint density at radius 3 is 2.91 bits per heavy atom. The third kappa shape index (κ3) is 1.85. The molecule has 1 spiro atoms. The number of hydrogen-bond donors (Lipinski definition) is 0. The Morgan fingerprint density at radius 1 is 1.17 bits per heavy atom. The van der Waals surface area contributed by atoms with Crippen LogP contribution >= 0.6 is 0 Å². The van der Waals surface area contributed by atoms with Crippen LogP contribution in [0.3, 0.4) is 0 Å². The standard InChI is InChI=1S/C19H23NO3/c1-21-15-5-4-14-6-8-20-7-2-3-13-9-17-18(23-12-22-17)10-16(13)19(14,20)11-15/h4-5,9-10,14-15H,2-3,6-8,11-12H2,1H3/t14-,15+,19+/m1/s1. The average Bonchev–Trinajstić information content (AvgIpc) is 3.15. The Morgan fingerprint density at radius 2 is 2.04 bits per heavy atom. The van der Waals surface area contributed by atoms with E-state index in [9.17, 15) is 0 Å². The van der Waals surface area contributed by atoms with E-state index in [1.54, 1.807) is 0 Å². The predicted molar refractivity (Wildman–Crippen MR) is 86.8 cm³/mol. The van der Waals surface area contributed by atoms with Crippen molar-refractivity contribution in [2.45, 2.75) is 37.3 Å². The van der Waals surface area contributed by atoms with E-state index in [2.05, 4.69) is 29.2 Å². The predicted octanol–water partition coefficient (Wildman–Crippen LogP) is 2.85. The van der Waals surface area contributed by atoms with E-state index in [1.807, 2.05) is 7.11 Å². The highest BCUT2D eigenvalue weighted by atomic mass is 16.7. The van der Waals surface area contributed by atoms with Gasteiger partial charge in [-0.05, 0) is 55.6 Å². The van der Waals surface area contributed by atoms with Crippen molar-refractivity contribution in [3.05, 3.63) is 35.4 Å². The first-order valence-corrected chi connectivity index (χ1v) is 8.70. The van der Waals surface area contributed by atoms with Crippen LogP contribution in [0.1, 0.15) is 30.4 Å². The fourth-order valence-electron chi connectivity index (χ4n) is 5.14. The van der Waals surface area contributed by atoms with E-state index >= 15 is 0 Å². The molecule has 23 heavy (non-hydrogen) atoms. The molecule has 122 valence electrons. The smallest absolute Gasteiger partial charge is 0.231 e. The van der Waals surface area contributed by atoms with E-state index in [0.717, 1.165) is 24.3 Å². The Bertz CT molecular complexity index is 671. The summed E-state index contributed by atoms with van der Waals surface area (Å²) in [5.41, 5.74) is 2.96. The fourth-order valence-corrected chi connectivity index (χ4v) is 5.14. The second kappa shape index (κ2) is 4.99. The summed E-state index contributed by atoms with van der Waals surface area (Å²) in [7, 11) is 1.82. The maximum absolute atomic E-state index is 5.72. The van der Waals surface area contributed by atoms with Gasteiger partial charge in [0.15, 0.2) is 11.5 Å². The molecule has 0 unspecified atom stereocenters. The van der Waals surface area contributed by atoms with Gasteiger partial charge in [-0.2, -0.15) is 0 Å². The van der Waals surface area contributed by atoms with Gasteiger partial charge in [-0.3, -0.25) is 4.90 Å². The lowest BCUT2D eigenvalue weighted by Crippen LogP contribution is -2.48. The molecule has 0 N–H and O–H groups in total. The lowest BCUT2D eigenvalue weighted by Gasteiger charge is -2.45. The molecule has 3 atom stereocenters. The molecule has 4 nitrogen and oxygen atoms in total. The number of nitrogens with zero attached hydrogens (tertiary/aromatic N) is 1. The highest BCUT2D eigenvalue weighted by Gasteiger charge is 2.53. The van der Waals surface area contributed by atoms with Crippen LogP contribution in [0.25, 0.3) is 0 Å². The fraction of sp³-hybridized carbons (Fsp3) is 0.579. The van der Waals surface area contributed by atoms with Crippen molar-refractivity contribution in [3.8, 4) is 11.5 Å². The van der Waals surface area contributed by atoms with Gasteiger partial charge < -0.3 is 14.2 Å². The molecule has 0 saturated carbocycles. The second-order valence-corrected chi connectivity index (χ2v) is 7.14. The average molecular weight is 313 g/mol. The van der Waals surface area contributed by atoms with Crippen LogP contribution in [0, 0.1) is 5.92 Å². The molecule has 1 aliphatic carbocycles. The highest BCUT2D eigenvalue weighted by Crippen LogP contribution is 2.54. The van der Waals surface area contributed by atoms with Crippen molar-refractivity contribution < 1.29 is 14.2 Å². The summed E-state index contributed by atoms with van der Waals surface area (Å²) in [5, 5.41) is 0. The second-order valence-electron chi connectivity index (χ2n) is 7.14. The van der Waals surface area contributed by atoms with Crippen LogP contribution in [0.2, 0.25) is 0 Å². The third-order valence-electron chi connectivity index (χ3n) is 6.20. The molecule has 1 fully saturated rings. The van der Waals surface area contributed by atoms with Gasteiger partial charge in [-0.25, -0.2) is 0 Å². The minimum absolute atomic E-state index is 0.0717. The Labute approximate surface area is 137 Å². The van der Waals surface area contributed by atoms with Crippen molar-refractivity contribution in [1.82, 2.24) is 4.90 Å². The van der Waals surface area contributed by atoms with E-state index < -0.39 is 0 Å². The molecule has 0 aromatic heterocycles. The highest BCUT2D eigenvalue weighted by molar-refractivity contribution is 5.53. The maximum atomic E-state index is 5.72. The molecule has 1 saturated heterocycles. The van der Waals surface area contributed by atoms with Crippen molar-refractivity contribution in [2.24, 2.45) is 5.92 Å². The molecular formula is C19H23NO3. The zero-order valence-corrected chi connectivity index (χ0v) is 13.6. The normalized spacial score (nSPS) is 34.7. The summed E-state index contributed by atoms with van der Waals surface area (Å²) in [6.07, 6.45) is 9.47. The summed E-state index contributed by atoms with van der Waals surface area (Å²) >= 11 is 0. The summed E-state index contributed by atoms with van der Waals surface area (Å²) in [4.78, 5) is 2.71. The van der Waals surface area contributed by atoms with Crippen molar-refractivity contribution in [3.63, 3.8) is 0 Å². The molecule has 1 aromatic rings. The minimum Gasteiger partial charge on any atom is -0.454 e. The Kier molecular flexibility index (Phi) is 3.01. The van der Waals surface area contributed by atoms with E-state index in [-0.39, 0.29) is 11.6 Å². The summed E-state index contributed by atoms with van der Waals surface area (Å²) in [6.45, 7) is 2.69. The maximum Gasteiger partial charge on any atom is 0.231 e. The van der Waals surface area contributed by atoms with Gasteiger partial charge in [0.2, 0.25) is 6.79 Å². The summed E-state index contributed by atoms with van der Waals surface area (Å²) in [5.74, 6) is 2.40. The van der Waals surface area contributed by atoms with Crippen molar-refractivity contribution in [2.75, 3.05) is 27.0 Å². The zero-order chi connectivity index (χ0) is 15.4. The Hall–Kier alpha value is -1.52. The van der Waals surface area contributed by atoms with E-state index in [4.69, 9.17) is 14.2 Å². The third-order valence-corrected chi connectivity index (χ3v) is 6.20. The lowest BCUT2D eigenvalue weighted by molar-refractivity contribution is 0.0286. The Balaban J connectivity index is 1.71. The number of ether oxygens (including phenoxy) is 3. The van der Waals surface area contributed by atoms with E-state index in [1.165, 1.54) is 37.1 Å². The van der Waals surface area contributed by atoms with Gasteiger partial charge in [-0.15, -0.1) is 0 Å². The molecule has 5 rings (SSSR count). The topological polar surface area (TPSA) is 30.9 Å². The van der Waals surface area contributed by atoms with Gasteiger partial charge in [0.25, 0.3) is 0 Å². The number of aryl methyl sites for hydroxylation is 1. The number of methoxy groups -OCH3 is 1. The van der Waals surface area contributed by atoms with Crippen LogP contribution in [0.5, 0.6) is 11.5 Å². The van der Waals surface area contributed by atoms with Gasteiger partial charge in [0.05, 0.1) is 11.6 Å². The molecule has 1 aromatic carbocycles. The summed E-state index contributed by atoms with van der Waals surface area (Å²) in [6, 6.07) is 4.49. The monoisotopic (exact) mass is 313 g/mol. The molecule has 4 aliphatic rings. The molecule has 0 bridgehead atoms. The van der Waals surface area contributed by atoms with Gasteiger partial charge in [0.1, 0.15) is 0 Å². The number of fused-ring (bicyclic) bond motifs is 2. The van der Waals surface area contributed by atoms with Crippen LogP contribution in [-0.4, -0.2) is 38.0 Å². The lowest BCUT2D eigenvalue weighted by atomic mass is 9.70. The number of hydrogen-bond acceptors (Lipinski definition) is 4. The van der Waals surface area contributed by atoms with Crippen molar-refractivity contribution >= 4 is 0 Å². The molecule has 3 aliphatic heterocycles. The van der Waals surface area contributed by atoms with Gasteiger partial charge in [0, 0.05) is 19.4 Å². The van der Waals surface area contributed by atoms with E-state index in [0.29, 0.717) is 12.7 Å². The number of benzene rings is 1. The largest absolute Gasteiger partial charge is 0.454 e. The first-order valence-electron chi connectivity index (χ1n) is 8.70. The van der Waals surface area contributed by atoms with Crippen LogP contribution < -0.4 is 9.47 Å². The molecule has 0 amide bonds. The quantitative estimate of drug-likeness (QED) is 0.746. The van der Waals surface area contributed by atoms with Crippen LogP contribution in [0.15, 0.2) is 24.3 Å². The molecular weight excluding hydrogens is 290 g/mol. The van der Waals surface area contributed by atoms with Crippen LogP contribution in [-0.2, 0) is 16.7 Å². The number of rotatable bonds is 1. The van der Waals surface area contributed by atoms with Gasteiger partial charge >= 0.3 is 0 Å².